The minimum Gasteiger partial charge on any atom is -0.419 e. The Hall–Kier alpha value is -2.65. The number of rotatable bonds is 6. The van der Waals surface area contributed by atoms with Crippen LogP contribution in [0.15, 0.2) is 34.9 Å². The second kappa shape index (κ2) is 7.08. The highest BCUT2D eigenvalue weighted by atomic mass is 32.1. The Kier molecular flexibility index (Phi) is 4.86. The van der Waals surface area contributed by atoms with E-state index >= 15 is 0 Å². The summed E-state index contributed by atoms with van der Waals surface area (Å²) in [5, 5.41) is 19.9. The molecule has 3 aromatic rings. The molecule has 0 aliphatic carbocycles. The molecular formula is C16H17N5O3S. The molecule has 2 aromatic heterocycles. The zero-order chi connectivity index (χ0) is 18.0. The highest BCUT2D eigenvalue weighted by Crippen LogP contribution is 2.26. The fourth-order valence-corrected chi connectivity index (χ4v) is 3.15. The summed E-state index contributed by atoms with van der Waals surface area (Å²) in [6.07, 6.45) is 1.87. The molecule has 0 amide bonds. The van der Waals surface area contributed by atoms with E-state index in [1.165, 1.54) is 17.0 Å². The fourth-order valence-electron chi connectivity index (χ4n) is 2.30. The van der Waals surface area contributed by atoms with Gasteiger partial charge < -0.3 is 4.42 Å². The van der Waals surface area contributed by atoms with Gasteiger partial charge in [-0.2, -0.15) is 0 Å². The molecule has 1 unspecified atom stereocenters. The first-order valence-electron chi connectivity index (χ1n) is 7.64. The molecule has 0 saturated heterocycles. The van der Waals surface area contributed by atoms with Crippen LogP contribution in [-0.2, 0) is 6.54 Å². The van der Waals surface area contributed by atoms with Crippen molar-refractivity contribution in [2.75, 3.05) is 7.05 Å². The van der Waals surface area contributed by atoms with Crippen molar-refractivity contribution >= 4 is 17.0 Å². The lowest BCUT2D eigenvalue weighted by molar-refractivity contribution is -0.384. The molecule has 2 heterocycles. The van der Waals surface area contributed by atoms with E-state index in [0.29, 0.717) is 17.3 Å². The van der Waals surface area contributed by atoms with Gasteiger partial charge in [-0.25, -0.2) is 4.98 Å². The molecular weight excluding hydrogens is 342 g/mol. The molecule has 0 aliphatic rings. The summed E-state index contributed by atoms with van der Waals surface area (Å²) in [5.41, 5.74) is 0.675. The number of benzene rings is 1. The van der Waals surface area contributed by atoms with Crippen molar-refractivity contribution in [1.29, 1.82) is 0 Å². The molecule has 3 rings (SSSR count). The van der Waals surface area contributed by atoms with Crippen molar-refractivity contribution in [3.8, 4) is 11.5 Å². The van der Waals surface area contributed by atoms with Crippen LogP contribution in [0.5, 0.6) is 0 Å². The molecule has 9 heteroatoms. The van der Waals surface area contributed by atoms with Gasteiger partial charge in [0.2, 0.25) is 11.8 Å². The van der Waals surface area contributed by atoms with E-state index in [1.54, 1.807) is 23.5 Å². The lowest BCUT2D eigenvalue weighted by Gasteiger charge is -2.20. The first-order valence-corrected chi connectivity index (χ1v) is 8.45. The molecule has 1 aromatic carbocycles. The SMILES string of the molecule is Cc1ncc(CN(C)C(C)c2nnc(-c3ccc([N+](=O)[O-])cc3)o2)s1. The van der Waals surface area contributed by atoms with Gasteiger partial charge in [-0.1, -0.05) is 0 Å². The fraction of sp³-hybridized carbons (Fsp3) is 0.312. The monoisotopic (exact) mass is 359 g/mol. The summed E-state index contributed by atoms with van der Waals surface area (Å²) in [6, 6.07) is 5.97. The quantitative estimate of drug-likeness (QED) is 0.490. The van der Waals surface area contributed by atoms with Crippen LogP contribution in [0.25, 0.3) is 11.5 Å². The molecule has 25 heavy (non-hydrogen) atoms. The molecule has 1 atom stereocenters. The van der Waals surface area contributed by atoms with Crippen molar-refractivity contribution in [2.45, 2.75) is 26.4 Å². The highest BCUT2D eigenvalue weighted by Gasteiger charge is 2.20. The maximum absolute atomic E-state index is 10.7. The summed E-state index contributed by atoms with van der Waals surface area (Å²) < 4.78 is 5.75. The van der Waals surface area contributed by atoms with Gasteiger partial charge in [-0.3, -0.25) is 15.0 Å². The third kappa shape index (κ3) is 3.89. The molecule has 0 aliphatic heterocycles. The average molecular weight is 359 g/mol. The number of aryl methyl sites for hydroxylation is 1. The Morgan fingerprint density at radius 2 is 2.04 bits per heavy atom. The number of nitro groups is 1. The second-order valence-corrected chi connectivity index (χ2v) is 7.01. The number of aromatic nitrogens is 3. The molecule has 8 nitrogen and oxygen atoms in total. The number of nitro benzene ring substituents is 1. The lowest BCUT2D eigenvalue weighted by Crippen LogP contribution is -2.21. The zero-order valence-corrected chi connectivity index (χ0v) is 14.9. The summed E-state index contributed by atoms with van der Waals surface area (Å²) in [6.45, 7) is 4.70. The second-order valence-electron chi connectivity index (χ2n) is 5.69. The molecule has 0 radical (unpaired) electrons. The summed E-state index contributed by atoms with van der Waals surface area (Å²) >= 11 is 1.66. The van der Waals surface area contributed by atoms with Gasteiger partial charge in [-0.05, 0) is 33.0 Å². The molecule has 0 N–H and O–H groups in total. The highest BCUT2D eigenvalue weighted by molar-refractivity contribution is 7.11. The standard InChI is InChI=1S/C16H17N5O3S/c1-10(20(3)9-14-8-17-11(2)25-14)15-18-19-16(24-15)12-4-6-13(7-5-12)21(22)23/h4-8,10H,9H2,1-3H3. The predicted octanol–water partition coefficient (Wildman–Crippen LogP) is 3.60. The van der Waals surface area contributed by atoms with Gasteiger partial charge in [0.05, 0.1) is 16.0 Å². The largest absolute Gasteiger partial charge is 0.419 e. The van der Waals surface area contributed by atoms with Gasteiger partial charge in [0.1, 0.15) is 0 Å². The van der Waals surface area contributed by atoms with Gasteiger partial charge in [0.15, 0.2) is 0 Å². The Morgan fingerprint density at radius 3 is 2.64 bits per heavy atom. The predicted molar refractivity (Wildman–Crippen MR) is 93.1 cm³/mol. The third-order valence-corrected chi connectivity index (χ3v) is 4.76. The molecule has 130 valence electrons. The first kappa shape index (κ1) is 17.2. The zero-order valence-electron chi connectivity index (χ0n) is 14.0. The number of nitrogens with zero attached hydrogens (tertiary/aromatic N) is 5. The van der Waals surface area contributed by atoms with Gasteiger partial charge in [0.25, 0.3) is 5.69 Å². The molecule has 0 fully saturated rings. The van der Waals surface area contributed by atoms with Crippen LogP contribution in [0, 0.1) is 17.0 Å². The third-order valence-electron chi connectivity index (χ3n) is 3.86. The Labute approximate surface area is 148 Å². The van der Waals surface area contributed by atoms with Gasteiger partial charge >= 0.3 is 0 Å². The van der Waals surface area contributed by atoms with Crippen molar-refractivity contribution in [3.05, 3.63) is 56.4 Å². The van der Waals surface area contributed by atoms with Crippen LogP contribution >= 0.6 is 11.3 Å². The summed E-state index contributed by atoms with van der Waals surface area (Å²) in [5.74, 6) is 0.843. The van der Waals surface area contributed by atoms with Crippen molar-refractivity contribution in [3.63, 3.8) is 0 Å². The Balaban J connectivity index is 1.72. The van der Waals surface area contributed by atoms with E-state index in [-0.39, 0.29) is 11.7 Å². The van der Waals surface area contributed by atoms with Gasteiger partial charge in [0, 0.05) is 35.3 Å². The Morgan fingerprint density at radius 1 is 1.32 bits per heavy atom. The van der Waals surface area contributed by atoms with Gasteiger partial charge in [-0.15, -0.1) is 21.5 Å². The lowest BCUT2D eigenvalue weighted by atomic mass is 10.2. The van der Waals surface area contributed by atoms with Crippen LogP contribution in [0.1, 0.15) is 28.7 Å². The van der Waals surface area contributed by atoms with E-state index < -0.39 is 4.92 Å². The van der Waals surface area contributed by atoms with Crippen LogP contribution in [0.2, 0.25) is 0 Å². The molecule has 0 saturated carbocycles. The molecule has 0 bridgehead atoms. The first-order chi connectivity index (χ1) is 11.9. The van der Waals surface area contributed by atoms with E-state index in [4.69, 9.17) is 4.42 Å². The normalized spacial score (nSPS) is 12.5. The van der Waals surface area contributed by atoms with Crippen molar-refractivity contribution in [2.24, 2.45) is 0 Å². The van der Waals surface area contributed by atoms with Crippen molar-refractivity contribution in [1.82, 2.24) is 20.1 Å². The topological polar surface area (TPSA) is 98.2 Å². The Bertz CT molecular complexity index is 874. The van der Waals surface area contributed by atoms with Crippen molar-refractivity contribution < 1.29 is 9.34 Å². The van der Waals surface area contributed by atoms with Crippen LogP contribution in [-0.4, -0.2) is 32.1 Å². The van der Waals surface area contributed by atoms with Crippen LogP contribution in [0.3, 0.4) is 0 Å². The minimum absolute atomic E-state index is 0.0245. The number of hydrogen-bond donors (Lipinski definition) is 0. The van der Waals surface area contributed by atoms with Crippen LogP contribution in [0.4, 0.5) is 5.69 Å². The number of hydrogen-bond acceptors (Lipinski definition) is 8. The summed E-state index contributed by atoms with van der Waals surface area (Å²) in [7, 11) is 1.98. The number of non-ortho nitro benzene ring substituents is 1. The van der Waals surface area contributed by atoms with E-state index in [2.05, 4.69) is 20.1 Å². The number of thiazole rings is 1. The molecule has 0 spiro atoms. The van der Waals surface area contributed by atoms with E-state index in [9.17, 15) is 10.1 Å². The maximum atomic E-state index is 10.7. The average Bonchev–Trinajstić information content (AvgIpc) is 3.23. The smallest absolute Gasteiger partial charge is 0.269 e. The van der Waals surface area contributed by atoms with E-state index in [1.807, 2.05) is 27.1 Å². The van der Waals surface area contributed by atoms with Crippen LogP contribution < -0.4 is 0 Å². The minimum atomic E-state index is -0.443. The van der Waals surface area contributed by atoms with E-state index in [0.717, 1.165) is 11.6 Å². The summed E-state index contributed by atoms with van der Waals surface area (Å²) in [4.78, 5) is 17.8. The maximum Gasteiger partial charge on any atom is 0.269 e.